The van der Waals surface area contributed by atoms with E-state index in [1.807, 2.05) is 41.5 Å². The van der Waals surface area contributed by atoms with Crippen LogP contribution in [0.2, 0.25) is 0 Å². The van der Waals surface area contributed by atoms with Gasteiger partial charge in [0.1, 0.15) is 5.78 Å². The minimum Gasteiger partial charge on any atom is -0.388 e. The molecule has 11 heteroatoms. The van der Waals surface area contributed by atoms with Crippen LogP contribution in [-0.4, -0.2) is 64.9 Å². The number of nitrogens with two attached hydrogens (primary N) is 2. The van der Waals surface area contributed by atoms with Gasteiger partial charge >= 0.3 is 0 Å². The summed E-state index contributed by atoms with van der Waals surface area (Å²) < 4.78 is 0. The van der Waals surface area contributed by atoms with Crippen molar-refractivity contribution in [3.05, 3.63) is 0 Å². The van der Waals surface area contributed by atoms with Crippen LogP contribution in [0.3, 0.4) is 0 Å². The number of nitrogens with one attached hydrogen (secondary N) is 2. The fourth-order valence-corrected chi connectivity index (χ4v) is 10.4. The maximum absolute atomic E-state index is 14.9. The van der Waals surface area contributed by atoms with Crippen LogP contribution in [-0.2, 0) is 28.8 Å². The van der Waals surface area contributed by atoms with Crippen molar-refractivity contribution in [3.63, 3.8) is 0 Å². The molecular weight excluding hydrogens is 670 g/mol. The van der Waals surface area contributed by atoms with E-state index in [9.17, 15) is 28.8 Å². The Labute approximate surface area is 317 Å². The number of amidine groups is 1. The van der Waals surface area contributed by atoms with Crippen LogP contribution in [0.25, 0.3) is 0 Å². The smallest absolute Gasteiger partial charge is 0.285 e. The summed E-state index contributed by atoms with van der Waals surface area (Å²) in [5.74, 6) is -3.92. The molecule has 0 aromatic carbocycles. The van der Waals surface area contributed by atoms with Crippen molar-refractivity contribution in [2.24, 2.45) is 67.6 Å². The van der Waals surface area contributed by atoms with E-state index >= 15 is 0 Å². The van der Waals surface area contributed by atoms with Gasteiger partial charge in [-0.1, -0.05) is 94.9 Å². The van der Waals surface area contributed by atoms with Crippen LogP contribution in [0.15, 0.2) is 0 Å². The van der Waals surface area contributed by atoms with E-state index in [-0.39, 0.29) is 94.9 Å². The van der Waals surface area contributed by atoms with Crippen LogP contribution in [0.5, 0.6) is 0 Å². The Bertz CT molecular complexity index is 1490. The second-order valence-corrected chi connectivity index (χ2v) is 20.7. The number of amides is 3. The van der Waals surface area contributed by atoms with Crippen LogP contribution in [0.1, 0.15) is 146 Å². The van der Waals surface area contributed by atoms with Gasteiger partial charge in [-0.3, -0.25) is 34.2 Å². The highest BCUT2D eigenvalue weighted by molar-refractivity contribution is 6.36. The third-order valence-corrected chi connectivity index (χ3v) is 14.6. The monoisotopic (exact) mass is 740 g/mol. The first-order chi connectivity index (χ1) is 24.2. The number of rotatable bonds is 17. The van der Waals surface area contributed by atoms with E-state index < -0.39 is 40.4 Å². The highest BCUT2D eigenvalue weighted by Crippen LogP contribution is 2.88. The van der Waals surface area contributed by atoms with Crippen molar-refractivity contribution < 1.29 is 28.8 Å². The van der Waals surface area contributed by atoms with Crippen LogP contribution < -0.4 is 16.8 Å². The number of Topliss-reactive ketones (excluding diaryl/α,β-unsaturated/α-hetero) is 3. The number of hydrogen-bond donors (Lipinski definition) is 4. The molecule has 0 aromatic rings. The molecule has 1 unspecified atom stereocenters. The van der Waals surface area contributed by atoms with Crippen molar-refractivity contribution in [3.8, 4) is 0 Å². The predicted molar refractivity (Wildman–Crippen MR) is 205 cm³/mol. The van der Waals surface area contributed by atoms with Crippen LogP contribution in [0, 0.1) is 61.6 Å². The number of fused-ring (bicyclic) bond motifs is 1. The molecule has 1 heterocycles. The van der Waals surface area contributed by atoms with Crippen molar-refractivity contribution in [1.82, 2.24) is 10.2 Å². The number of hydrogen-bond acceptors (Lipinski definition) is 7. The van der Waals surface area contributed by atoms with Gasteiger partial charge in [0, 0.05) is 56.0 Å². The van der Waals surface area contributed by atoms with Gasteiger partial charge in [0.25, 0.3) is 5.91 Å². The Morgan fingerprint density at radius 3 is 1.89 bits per heavy atom. The molecule has 4 fully saturated rings. The zero-order chi connectivity index (χ0) is 40.1. The molecule has 4 rings (SSSR count). The van der Waals surface area contributed by atoms with E-state index in [0.29, 0.717) is 19.4 Å². The molecule has 6 N–H and O–H groups in total. The Morgan fingerprint density at radius 1 is 0.849 bits per heavy atom. The number of carbonyl (C=O) groups is 6. The summed E-state index contributed by atoms with van der Waals surface area (Å²) in [5.41, 5.74) is 9.03. The molecule has 0 aromatic heterocycles. The fraction of sp³-hybridized carbons (Fsp3) is 0.833. The van der Waals surface area contributed by atoms with Crippen molar-refractivity contribution in [2.45, 2.75) is 152 Å². The Balaban J connectivity index is 1.57. The third-order valence-electron chi connectivity index (χ3n) is 14.6. The van der Waals surface area contributed by atoms with Gasteiger partial charge in [-0.25, -0.2) is 0 Å². The summed E-state index contributed by atoms with van der Waals surface area (Å²) in [5, 5.41) is 10.6. The lowest BCUT2D eigenvalue weighted by atomic mass is 9.73. The quantitative estimate of drug-likeness (QED) is 0.0829. The minimum absolute atomic E-state index is 0.00209. The first-order valence-corrected chi connectivity index (χ1v) is 20.0. The molecule has 53 heavy (non-hydrogen) atoms. The Kier molecular flexibility index (Phi) is 11.9. The first kappa shape index (κ1) is 42.6. The lowest BCUT2D eigenvalue weighted by Crippen LogP contribution is -2.48. The second-order valence-electron chi connectivity index (χ2n) is 20.7. The lowest BCUT2D eigenvalue weighted by Gasteiger charge is -2.36. The fourth-order valence-electron chi connectivity index (χ4n) is 10.4. The van der Waals surface area contributed by atoms with E-state index in [1.54, 1.807) is 18.7 Å². The molecule has 3 saturated carbocycles. The summed E-state index contributed by atoms with van der Waals surface area (Å²) in [4.78, 5) is 83.3. The normalized spacial score (nSPS) is 25.2. The zero-order valence-corrected chi connectivity index (χ0v) is 34.3. The lowest BCUT2D eigenvalue weighted by molar-refractivity contribution is -0.147. The third kappa shape index (κ3) is 8.29. The highest BCUT2D eigenvalue weighted by atomic mass is 16.2. The maximum Gasteiger partial charge on any atom is 0.285 e. The Hall–Kier alpha value is -3.11. The molecule has 2 spiro atoms. The molecule has 11 nitrogen and oxygen atoms in total. The number of nitrogens with zero attached hydrogens (tertiary/aromatic N) is 1. The second kappa shape index (κ2) is 14.9. The Morgan fingerprint density at radius 2 is 1.45 bits per heavy atom. The number of ketones is 3. The molecular formula is C42H69N5O6. The standard InChI is InChI=1S/C42H69N5O6/c1-37(2,3)27(23-46-36(53)39(7,8)22-32(43)44)19-28(48)20-29(38(4,5)6)35(52)47-24-42(40(9,10)41(42)15-12-16-41)21-30(47)31(49)18-26(33(50)34(45)51)17-25-13-11-14-25/h25-27,29-30H,11-24H2,1-10H3,(H3,43,44)(H2,45,51)(H,46,53)/t26?,27-,29-,30+,42-/m1/s1. The molecule has 4 aliphatic rings. The highest BCUT2D eigenvalue weighted by Gasteiger charge is 2.85. The average molecular weight is 740 g/mol. The van der Waals surface area contributed by atoms with E-state index in [1.165, 1.54) is 0 Å². The summed E-state index contributed by atoms with van der Waals surface area (Å²) in [6.45, 7) is 20.6. The zero-order valence-electron chi connectivity index (χ0n) is 34.3. The maximum atomic E-state index is 14.9. The van der Waals surface area contributed by atoms with E-state index in [0.717, 1.165) is 38.5 Å². The molecule has 1 aliphatic heterocycles. The minimum atomic E-state index is -1.02. The summed E-state index contributed by atoms with van der Waals surface area (Å²) in [7, 11) is 0. The summed E-state index contributed by atoms with van der Waals surface area (Å²) >= 11 is 0. The van der Waals surface area contributed by atoms with Gasteiger partial charge in [0.2, 0.25) is 17.6 Å². The van der Waals surface area contributed by atoms with Crippen molar-refractivity contribution in [1.29, 1.82) is 5.41 Å². The SMILES string of the molecule is CC(C)(CC(=N)N)C(=O)NC[C@@H](CC(=O)C[C@H](C(=O)N1C[C@]2(C[C@H]1C(=O)CC(CC1CCC1)C(=O)C(N)=O)C(C)(C)C21CCC1)C(C)(C)C)C(C)(C)C. The first-order valence-electron chi connectivity index (χ1n) is 20.0. The average Bonchev–Trinajstić information content (AvgIpc) is 3.19. The molecule has 298 valence electrons. The van der Waals surface area contributed by atoms with Crippen LogP contribution in [0.4, 0.5) is 0 Å². The van der Waals surface area contributed by atoms with Gasteiger partial charge in [-0.15, -0.1) is 0 Å². The van der Waals surface area contributed by atoms with Gasteiger partial charge in [-0.05, 0) is 59.2 Å². The number of likely N-dealkylation sites (tertiary alicyclic amines) is 1. The topological polar surface area (TPSA) is 194 Å². The largest absolute Gasteiger partial charge is 0.388 e. The molecule has 0 radical (unpaired) electrons. The predicted octanol–water partition coefficient (Wildman–Crippen LogP) is 5.75. The van der Waals surface area contributed by atoms with Gasteiger partial charge in [0.05, 0.1) is 17.3 Å². The van der Waals surface area contributed by atoms with Gasteiger partial charge in [-0.2, -0.15) is 0 Å². The molecule has 0 bridgehead atoms. The van der Waals surface area contributed by atoms with E-state index in [2.05, 4.69) is 19.2 Å². The molecule has 3 aliphatic carbocycles. The number of carbonyl (C=O) groups excluding carboxylic acids is 6. The van der Waals surface area contributed by atoms with Crippen molar-refractivity contribution in [2.75, 3.05) is 13.1 Å². The summed E-state index contributed by atoms with van der Waals surface area (Å²) in [6.07, 6.45) is 7.40. The van der Waals surface area contributed by atoms with Crippen molar-refractivity contribution >= 4 is 40.9 Å². The van der Waals surface area contributed by atoms with Gasteiger partial charge < -0.3 is 21.7 Å². The number of primary amides is 1. The molecule has 1 saturated heterocycles. The molecule has 3 amide bonds. The van der Waals surface area contributed by atoms with Crippen LogP contribution >= 0.6 is 0 Å². The molecule has 5 atom stereocenters. The van der Waals surface area contributed by atoms with E-state index in [4.69, 9.17) is 16.9 Å². The van der Waals surface area contributed by atoms with Gasteiger partial charge in [0.15, 0.2) is 5.78 Å². The summed E-state index contributed by atoms with van der Waals surface area (Å²) in [6, 6.07) is -0.734.